The number of aliphatic carboxylic acids is 1. The Labute approximate surface area is 114 Å². The summed E-state index contributed by atoms with van der Waals surface area (Å²) in [5.74, 6) is 0.0143. The van der Waals surface area contributed by atoms with Gasteiger partial charge in [-0.25, -0.2) is 0 Å². The first-order valence-corrected chi connectivity index (χ1v) is 6.58. The smallest absolute Gasteiger partial charge is 0.306 e. The number of nitrogens with zero attached hydrogens (tertiary/aromatic N) is 1. The van der Waals surface area contributed by atoms with Gasteiger partial charge < -0.3 is 9.84 Å². The number of hydrogen-bond acceptors (Lipinski definition) is 3. The van der Waals surface area contributed by atoms with Crippen molar-refractivity contribution in [2.24, 2.45) is 11.8 Å². The number of rotatable bonds is 6. The minimum Gasteiger partial charge on any atom is -0.496 e. The lowest BCUT2D eigenvalue weighted by atomic mass is 9.91. The molecule has 0 aliphatic carbocycles. The van der Waals surface area contributed by atoms with Crippen LogP contribution < -0.4 is 4.74 Å². The van der Waals surface area contributed by atoms with Crippen molar-refractivity contribution in [2.45, 2.75) is 40.5 Å². The van der Waals surface area contributed by atoms with Crippen molar-refractivity contribution < 1.29 is 14.6 Å². The number of carbonyl (C=O) groups is 1. The Bertz CT molecular complexity index is 455. The Hall–Kier alpha value is -1.58. The summed E-state index contributed by atoms with van der Waals surface area (Å²) < 4.78 is 5.35. The molecule has 0 fully saturated rings. The summed E-state index contributed by atoms with van der Waals surface area (Å²) in [6, 6.07) is 0. The van der Waals surface area contributed by atoms with Crippen molar-refractivity contribution in [3.05, 3.63) is 23.0 Å². The molecule has 19 heavy (non-hydrogen) atoms. The molecule has 1 aromatic heterocycles. The number of carboxylic acids is 1. The molecular weight excluding hydrogens is 242 g/mol. The fraction of sp³-hybridized carbons (Fsp3) is 0.600. The first-order chi connectivity index (χ1) is 8.86. The lowest BCUT2D eigenvalue weighted by Gasteiger charge is -2.17. The van der Waals surface area contributed by atoms with Gasteiger partial charge in [0.05, 0.1) is 13.0 Å². The van der Waals surface area contributed by atoms with E-state index in [0.717, 1.165) is 22.6 Å². The van der Waals surface area contributed by atoms with Gasteiger partial charge in [0.2, 0.25) is 0 Å². The largest absolute Gasteiger partial charge is 0.496 e. The van der Waals surface area contributed by atoms with Crippen molar-refractivity contribution in [1.82, 2.24) is 4.98 Å². The first-order valence-electron chi connectivity index (χ1n) is 6.58. The van der Waals surface area contributed by atoms with Gasteiger partial charge in [-0.2, -0.15) is 0 Å². The van der Waals surface area contributed by atoms with Crippen LogP contribution in [0.5, 0.6) is 5.75 Å². The topological polar surface area (TPSA) is 59.4 Å². The van der Waals surface area contributed by atoms with E-state index in [1.165, 1.54) is 0 Å². The predicted octanol–water partition coefficient (Wildman–Crippen LogP) is 3.00. The molecule has 0 aliphatic rings. The highest BCUT2D eigenvalue weighted by Gasteiger charge is 2.22. The summed E-state index contributed by atoms with van der Waals surface area (Å²) in [6.45, 7) is 7.94. The molecule has 1 atom stereocenters. The van der Waals surface area contributed by atoms with Gasteiger partial charge in [-0.3, -0.25) is 9.78 Å². The molecule has 1 aromatic rings. The summed E-state index contributed by atoms with van der Waals surface area (Å²) in [5.41, 5.74) is 2.73. The molecule has 4 heteroatoms. The fourth-order valence-corrected chi connectivity index (χ4v) is 2.35. The number of hydrogen-bond donors (Lipinski definition) is 1. The number of carboxylic acid groups (broad SMARTS) is 1. The summed E-state index contributed by atoms with van der Waals surface area (Å²) in [4.78, 5) is 15.7. The zero-order valence-corrected chi connectivity index (χ0v) is 12.4. The van der Waals surface area contributed by atoms with E-state index in [0.29, 0.717) is 18.8 Å². The molecule has 0 bridgehead atoms. The number of methoxy groups -OCH3 is 1. The van der Waals surface area contributed by atoms with Crippen LogP contribution in [0.2, 0.25) is 0 Å². The van der Waals surface area contributed by atoms with Gasteiger partial charge in [0.15, 0.2) is 0 Å². The van der Waals surface area contributed by atoms with Gasteiger partial charge >= 0.3 is 5.97 Å². The minimum atomic E-state index is -0.755. The fourth-order valence-electron chi connectivity index (χ4n) is 2.35. The second-order valence-corrected chi connectivity index (χ2v) is 5.41. The summed E-state index contributed by atoms with van der Waals surface area (Å²) in [6.07, 6.45) is 2.86. The Kier molecular flexibility index (Phi) is 5.33. The van der Waals surface area contributed by atoms with Crippen molar-refractivity contribution >= 4 is 5.97 Å². The molecule has 1 heterocycles. The number of aryl methyl sites for hydroxylation is 1. The molecule has 0 aromatic carbocycles. The standard InChI is InChI=1S/C15H23NO3/c1-9(2)6-12(15(17)18)7-13-11(4)14(19-5)10(3)8-16-13/h8-9,12H,6-7H2,1-5H3,(H,17,18). The molecule has 1 rings (SSSR count). The van der Waals surface area contributed by atoms with Crippen molar-refractivity contribution in [3.63, 3.8) is 0 Å². The average Bonchev–Trinajstić information content (AvgIpc) is 2.31. The molecule has 0 amide bonds. The normalized spacial score (nSPS) is 12.5. The van der Waals surface area contributed by atoms with Gasteiger partial charge in [0.1, 0.15) is 5.75 Å². The average molecular weight is 265 g/mol. The Balaban J connectivity index is 3.00. The molecule has 1 N–H and O–H groups in total. The highest BCUT2D eigenvalue weighted by atomic mass is 16.5. The maximum absolute atomic E-state index is 11.3. The molecule has 0 spiro atoms. The van der Waals surface area contributed by atoms with Crippen LogP contribution in [0, 0.1) is 25.7 Å². The first kappa shape index (κ1) is 15.5. The van der Waals surface area contributed by atoms with Crippen LogP contribution in [0.1, 0.15) is 37.1 Å². The van der Waals surface area contributed by atoms with E-state index >= 15 is 0 Å². The zero-order valence-electron chi connectivity index (χ0n) is 12.4. The third-order valence-corrected chi connectivity index (χ3v) is 3.29. The van der Waals surface area contributed by atoms with Crippen molar-refractivity contribution in [3.8, 4) is 5.75 Å². The number of ether oxygens (including phenoxy) is 1. The van der Waals surface area contributed by atoms with Crippen LogP contribution in [0.25, 0.3) is 0 Å². The molecule has 0 saturated heterocycles. The molecular formula is C15H23NO3. The predicted molar refractivity (Wildman–Crippen MR) is 74.5 cm³/mol. The van der Waals surface area contributed by atoms with E-state index in [2.05, 4.69) is 4.98 Å². The molecule has 0 radical (unpaired) electrons. The van der Waals surface area contributed by atoms with Crippen LogP contribution in [0.4, 0.5) is 0 Å². The van der Waals surface area contributed by atoms with E-state index < -0.39 is 11.9 Å². The monoisotopic (exact) mass is 265 g/mol. The highest BCUT2D eigenvalue weighted by molar-refractivity contribution is 5.70. The van der Waals surface area contributed by atoms with Crippen molar-refractivity contribution in [1.29, 1.82) is 0 Å². The van der Waals surface area contributed by atoms with Gasteiger partial charge in [-0.1, -0.05) is 13.8 Å². The number of aromatic nitrogens is 1. The van der Waals surface area contributed by atoms with Crippen LogP contribution in [-0.2, 0) is 11.2 Å². The summed E-state index contributed by atoms with van der Waals surface area (Å²) >= 11 is 0. The van der Waals surface area contributed by atoms with Crippen LogP contribution in [0.3, 0.4) is 0 Å². The zero-order chi connectivity index (χ0) is 14.6. The Morgan fingerprint density at radius 3 is 2.53 bits per heavy atom. The molecule has 1 unspecified atom stereocenters. The minimum absolute atomic E-state index is 0.355. The van der Waals surface area contributed by atoms with Gasteiger partial charge in [-0.15, -0.1) is 0 Å². The second-order valence-electron chi connectivity index (χ2n) is 5.41. The maximum Gasteiger partial charge on any atom is 0.306 e. The van der Waals surface area contributed by atoms with Crippen LogP contribution in [0.15, 0.2) is 6.20 Å². The van der Waals surface area contributed by atoms with Gasteiger partial charge in [-0.05, 0) is 26.2 Å². The number of pyridine rings is 1. The van der Waals surface area contributed by atoms with E-state index in [-0.39, 0.29) is 0 Å². The van der Waals surface area contributed by atoms with E-state index in [9.17, 15) is 9.90 Å². The second kappa shape index (κ2) is 6.55. The third kappa shape index (κ3) is 3.94. The van der Waals surface area contributed by atoms with Crippen LogP contribution in [-0.4, -0.2) is 23.2 Å². The summed E-state index contributed by atoms with van der Waals surface area (Å²) in [5, 5.41) is 9.30. The third-order valence-electron chi connectivity index (χ3n) is 3.29. The molecule has 106 valence electrons. The van der Waals surface area contributed by atoms with E-state index in [1.807, 2.05) is 27.7 Å². The quantitative estimate of drug-likeness (QED) is 0.859. The van der Waals surface area contributed by atoms with Gasteiger partial charge in [0.25, 0.3) is 0 Å². The van der Waals surface area contributed by atoms with Crippen molar-refractivity contribution in [2.75, 3.05) is 7.11 Å². The maximum atomic E-state index is 11.3. The molecule has 4 nitrogen and oxygen atoms in total. The highest BCUT2D eigenvalue weighted by Crippen LogP contribution is 2.27. The summed E-state index contributed by atoms with van der Waals surface area (Å²) in [7, 11) is 1.63. The van der Waals surface area contributed by atoms with E-state index in [4.69, 9.17) is 4.74 Å². The Morgan fingerprint density at radius 2 is 2.05 bits per heavy atom. The SMILES string of the molecule is COc1c(C)cnc(CC(CC(C)C)C(=O)O)c1C. The Morgan fingerprint density at radius 1 is 1.42 bits per heavy atom. The lowest BCUT2D eigenvalue weighted by Crippen LogP contribution is -2.20. The van der Waals surface area contributed by atoms with E-state index in [1.54, 1.807) is 13.3 Å². The lowest BCUT2D eigenvalue weighted by molar-refractivity contribution is -0.142. The molecule has 0 saturated carbocycles. The molecule has 0 aliphatic heterocycles. The van der Waals surface area contributed by atoms with Crippen LogP contribution >= 0.6 is 0 Å². The van der Waals surface area contributed by atoms with Gasteiger partial charge in [0, 0.05) is 29.4 Å².